The van der Waals surface area contributed by atoms with E-state index in [0.717, 1.165) is 55.7 Å². The summed E-state index contributed by atoms with van der Waals surface area (Å²) in [6.07, 6.45) is 12.4. The number of carbonyl (C=O) groups is 2. The number of nitrogens with zero attached hydrogens (tertiary/aromatic N) is 9. The number of fused-ring (bicyclic) bond motifs is 2. The molecule has 8 rings (SSSR count). The Bertz CT molecular complexity index is 2620. The molecule has 6 aromatic rings. The summed E-state index contributed by atoms with van der Waals surface area (Å²) < 4.78 is 29.2. The van der Waals surface area contributed by atoms with Gasteiger partial charge in [0.15, 0.2) is 34.9 Å². The van der Waals surface area contributed by atoms with E-state index in [9.17, 15) is 18.4 Å². The summed E-state index contributed by atoms with van der Waals surface area (Å²) in [7, 11) is 5.15. The van der Waals surface area contributed by atoms with Crippen LogP contribution in [0.1, 0.15) is 53.4 Å². The molecule has 20 heteroatoms. The minimum absolute atomic E-state index is 0.0419. The molecule has 6 aromatic heterocycles. The second-order valence-corrected chi connectivity index (χ2v) is 17.9. The molecule has 0 bridgehead atoms. The van der Waals surface area contributed by atoms with Crippen LogP contribution in [-0.2, 0) is 9.59 Å². The standard InChI is InChI=1S/C22H27ClFN7O.C21H25ClFN7O/c1-22(2,21(32)30(3)4)31-7-5-6-14(12-31)28-20-17(24)11-27-19(29-20)16-10-26-18-15(16)8-13(23)9-25-18;1-21(2,20(31)24-3)30-6-4-5-13(11-30)28-19-16(23)10-27-18(29-19)15-9-26-17-14(15)7-12(22)8-25-17/h8-11,14H,5-7,12H2,1-4H3,(H,25,26)(H,27,28,29);7-10,13H,4-6,11H2,1-3H3,(H,24,31)(H,25,26)(H,27,28,29). The summed E-state index contributed by atoms with van der Waals surface area (Å²) >= 11 is 12.2. The molecule has 2 atom stereocenters. The smallest absolute Gasteiger partial charge is 0.242 e. The highest BCUT2D eigenvalue weighted by molar-refractivity contribution is 6.31. The number of aromatic nitrogens is 8. The highest BCUT2D eigenvalue weighted by Gasteiger charge is 2.39. The van der Waals surface area contributed by atoms with E-state index in [1.807, 2.05) is 27.7 Å². The first-order valence-electron chi connectivity index (χ1n) is 20.7. The van der Waals surface area contributed by atoms with Crippen molar-refractivity contribution in [2.75, 3.05) is 58.0 Å². The van der Waals surface area contributed by atoms with Crippen molar-refractivity contribution in [3.63, 3.8) is 0 Å². The van der Waals surface area contributed by atoms with Crippen molar-refractivity contribution in [1.29, 1.82) is 0 Å². The van der Waals surface area contributed by atoms with Crippen molar-refractivity contribution in [3.8, 4) is 22.8 Å². The minimum Gasteiger partial charge on any atom is -0.363 e. The molecule has 0 aliphatic carbocycles. The van der Waals surface area contributed by atoms with E-state index in [1.165, 1.54) is 6.20 Å². The molecule has 2 amide bonds. The number of nitrogens with one attached hydrogen (secondary N) is 5. The molecule has 8 heterocycles. The third kappa shape index (κ3) is 9.83. The van der Waals surface area contributed by atoms with E-state index in [2.05, 4.69) is 65.6 Å². The molecule has 0 radical (unpaired) electrons. The lowest BCUT2D eigenvalue weighted by molar-refractivity contribution is -0.140. The number of pyridine rings is 2. The van der Waals surface area contributed by atoms with Crippen LogP contribution in [-0.4, -0.2) is 137 Å². The molecular formula is C43H52Cl2F2N14O2. The summed E-state index contributed by atoms with van der Waals surface area (Å²) in [5, 5.41) is 11.7. The Morgan fingerprint density at radius 2 is 1.17 bits per heavy atom. The van der Waals surface area contributed by atoms with Gasteiger partial charge >= 0.3 is 0 Å². The highest BCUT2D eigenvalue weighted by atomic mass is 35.5. The van der Waals surface area contributed by atoms with Crippen molar-refractivity contribution in [3.05, 3.63) is 71.0 Å². The van der Waals surface area contributed by atoms with E-state index in [1.54, 1.807) is 63.0 Å². The number of likely N-dealkylation sites (tertiary alicyclic amines) is 2. The van der Waals surface area contributed by atoms with Crippen LogP contribution in [0.25, 0.3) is 44.8 Å². The van der Waals surface area contributed by atoms with Crippen LogP contribution in [0.3, 0.4) is 0 Å². The van der Waals surface area contributed by atoms with Gasteiger partial charge in [-0.25, -0.2) is 38.7 Å². The third-order valence-corrected chi connectivity index (χ3v) is 12.2. The summed E-state index contributed by atoms with van der Waals surface area (Å²) in [5.41, 5.74) is 1.40. The molecule has 2 aliphatic rings. The predicted octanol–water partition coefficient (Wildman–Crippen LogP) is 6.77. The number of piperidine rings is 2. The molecule has 63 heavy (non-hydrogen) atoms. The van der Waals surface area contributed by atoms with Crippen molar-refractivity contribution >= 4 is 68.7 Å². The fourth-order valence-corrected chi connectivity index (χ4v) is 8.56. The number of likely N-dealkylation sites (N-methyl/N-ethyl adjacent to an activating group) is 2. The fraction of sp³-hybridized carbons (Fsp3) is 0.442. The summed E-state index contributed by atoms with van der Waals surface area (Å²) in [6, 6.07) is 3.46. The highest BCUT2D eigenvalue weighted by Crippen LogP contribution is 2.31. The van der Waals surface area contributed by atoms with Crippen molar-refractivity contribution < 1.29 is 18.4 Å². The van der Waals surface area contributed by atoms with Crippen molar-refractivity contribution in [2.24, 2.45) is 0 Å². The van der Waals surface area contributed by atoms with Gasteiger partial charge in [0, 0.05) is 93.0 Å². The maximum absolute atomic E-state index is 14.6. The number of halogens is 4. The van der Waals surface area contributed by atoms with E-state index in [4.69, 9.17) is 23.2 Å². The molecule has 2 saturated heterocycles. The average molecular weight is 906 g/mol. The average Bonchev–Trinajstić information content (AvgIpc) is 3.89. The topological polar surface area (TPSA) is 189 Å². The quantitative estimate of drug-likeness (QED) is 0.0973. The molecular weight excluding hydrogens is 853 g/mol. The molecule has 334 valence electrons. The van der Waals surface area contributed by atoms with Crippen molar-refractivity contribution in [1.82, 2.24) is 59.9 Å². The Morgan fingerprint density at radius 3 is 1.60 bits per heavy atom. The van der Waals surface area contributed by atoms with Crippen LogP contribution in [0.4, 0.5) is 20.4 Å². The molecule has 0 spiro atoms. The van der Waals surface area contributed by atoms with Gasteiger partial charge in [0.25, 0.3) is 0 Å². The Balaban J connectivity index is 0.000000189. The van der Waals surface area contributed by atoms with Gasteiger partial charge in [-0.1, -0.05) is 23.2 Å². The van der Waals surface area contributed by atoms with Gasteiger partial charge in [-0.15, -0.1) is 0 Å². The summed E-state index contributed by atoms with van der Waals surface area (Å²) in [5.74, 6) is -0.0251. The molecule has 16 nitrogen and oxygen atoms in total. The van der Waals surface area contributed by atoms with Crippen LogP contribution >= 0.6 is 23.2 Å². The minimum atomic E-state index is -0.652. The van der Waals surface area contributed by atoms with Crippen LogP contribution in [0, 0.1) is 11.6 Å². The van der Waals surface area contributed by atoms with Gasteiger partial charge < -0.3 is 30.8 Å². The van der Waals surface area contributed by atoms with E-state index in [0.29, 0.717) is 57.2 Å². The zero-order valence-corrected chi connectivity index (χ0v) is 37.8. The van der Waals surface area contributed by atoms with Gasteiger partial charge in [-0.2, -0.15) is 0 Å². The zero-order valence-electron chi connectivity index (χ0n) is 36.3. The first kappa shape index (κ1) is 45.5. The number of H-pyrrole nitrogens is 2. The van der Waals surface area contributed by atoms with Crippen LogP contribution in [0.2, 0.25) is 10.0 Å². The van der Waals surface area contributed by atoms with E-state index >= 15 is 0 Å². The van der Waals surface area contributed by atoms with E-state index in [-0.39, 0.29) is 35.5 Å². The lowest BCUT2D eigenvalue weighted by atomic mass is 9.95. The lowest BCUT2D eigenvalue weighted by Gasteiger charge is -2.43. The fourth-order valence-electron chi connectivity index (χ4n) is 8.25. The second kappa shape index (κ2) is 18.7. The normalized spacial score (nSPS) is 17.6. The maximum atomic E-state index is 14.6. The van der Waals surface area contributed by atoms with Crippen LogP contribution < -0.4 is 16.0 Å². The molecule has 2 aliphatic heterocycles. The molecule has 0 aromatic carbocycles. The first-order valence-corrected chi connectivity index (χ1v) is 21.5. The molecule has 0 saturated carbocycles. The Hall–Kier alpha value is -5.56. The number of hydrogen-bond donors (Lipinski definition) is 5. The number of anilines is 2. The first-order chi connectivity index (χ1) is 30.0. The van der Waals surface area contributed by atoms with Gasteiger partial charge in [-0.3, -0.25) is 19.4 Å². The number of amides is 2. The number of rotatable bonds is 10. The van der Waals surface area contributed by atoms with Crippen molar-refractivity contribution in [2.45, 2.75) is 76.5 Å². The maximum Gasteiger partial charge on any atom is 0.242 e. The largest absolute Gasteiger partial charge is 0.363 e. The van der Waals surface area contributed by atoms with Gasteiger partial charge in [-0.05, 0) is 78.6 Å². The molecule has 2 unspecified atom stereocenters. The predicted molar refractivity (Wildman–Crippen MR) is 242 cm³/mol. The Labute approximate surface area is 374 Å². The lowest BCUT2D eigenvalue weighted by Crippen LogP contribution is -2.59. The Morgan fingerprint density at radius 1 is 0.730 bits per heavy atom. The molecule has 2 fully saturated rings. The van der Waals surface area contributed by atoms with Gasteiger partial charge in [0.1, 0.15) is 11.3 Å². The Kier molecular flexibility index (Phi) is 13.5. The summed E-state index contributed by atoms with van der Waals surface area (Å²) in [6.45, 7) is 10.5. The third-order valence-electron chi connectivity index (χ3n) is 11.8. The SMILES string of the molecule is CN(C)C(=O)C(C)(C)N1CCCC(Nc2nc(-c3c[nH]c4ncc(Cl)cc34)ncc2F)C1.CNC(=O)C(C)(C)N1CCCC(Nc2nc(-c3c[nH]c4ncc(Cl)cc34)ncc2F)C1. The monoisotopic (exact) mass is 904 g/mol. The van der Waals surface area contributed by atoms with Gasteiger partial charge in [0.2, 0.25) is 11.8 Å². The van der Waals surface area contributed by atoms with E-state index < -0.39 is 22.7 Å². The van der Waals surface area contributed by atoms with Crippen LogP contribution in [0.15, 0.2) is 49.3 Å². The second-order valence-electron chi connectivity index (χ2n) is 17.0. The number of carbonyl (C=O) groups excluding carboxylic acids is 2. The zero-order chi connectivity index (χ0) is 45.2. The van der Waals surface area contributed by atoms with Gasteiger partial charge in [0.05, 0.1) is 33.5 Å². The summed E-state index contributed by atoms with van der Waals surface area (Å²) in [4.78, 5) is 62.7. The van der Waals surface area contributed by atoms with Crippen LogP contribution in [0.5, 0.6) is 0 Å². The molecule has 5 N–H and O–H groups in total. The number of hydrogen-bond acceptors (Lipinski definition) is 12. The number of aromatic amines is 2.